The van der Waals surface area contributed by atoms with Crippen molar-refractivity contribution in [1.82, 2.24) is 0 Å². The molecule has 4 nitrogen and oxygen atoms in total. The molecule has 6 heteroatoms. The second kappa shape index (κ2) is 17.0. The second-order valence-corrected chi connectivity index (χ2v) is 12.2. The van der Waals surface area contributed by atoms with Crippen LogP contribution in [0.2, 0.25) is 0 Å². The summed E-state index contributed by atoms with van der Waals surface area (Å²) < 4.78 is 12.1. The predicted molar refractivity (Wildman–Crippen MR) is 160 cm³/mol. The third kappa shape index (κ3) is 10.6. The average molecular weight is 547 g/mol. The van der Waals surface area contributed by atoms with Crippen LogP contribution < -0.4 is 9.47 Å². The molecular weight excluding hydrogens is 500 g/mol. The van der Waals surface area contributed by atoms with Gasteiger partial charge in [0.05, 0.1) is 0 Å². The van der Waals surface area contributed by atoms with Crippen molar-refractivity contribution in [2.75, 3.05) is 11.5 Å². The molecule has 0 aromatic heterocycles. The zero-order chi connectivity index (χ0) is 27.2. The zero-order valence-corrected chi connectivity index (χ0v) is 25.2. The molecule has 0 unspecified atom stereocenters. The Morgan fingerprint density at radius 2 is 1.46 bits per heavy atom. The summed E-state index contributed by atoms with van der Waals surface area (Å²) in [6.45, 7) is 14.9. The van der Waals surface area contributed by atoms with Crippen LogP contribution in [0.25, 0.3) is 0 Å². The van der Waals surface area contributed by atoms with E-state index in [0.717, 1.165) is 92.4 Å². The Morgan fingerprint density at radius 1 is 0.919 bits per heavy atom. The molecule has 0 fully saturated rings. The molecule has 0 aliphatic heterocycles. The molecular formula is C31H46O4S2. The molecule has 0 heterocycles. The average Bonchev–Trinajstić information content (AvgIpc) is 2.84. The van der Waals surface area contributed by atoms with E-state index >= 15 is 0 Å². The van der Waals surface area contributed by atoms with Gasteiger partial charge in [0.15, 0.2) is 0 Å². The molecule has 0 bridgehead atoms. The van der Waals surface area contributed by atoms with Crippen molar-refractivity contribution < 1.29 is 19.1 Å². The predicted octanol–water partition coefficient (Wildman–Crippen LogP) is 10.5. The van der Waals surface area contributed by atoms with E-state index in [-0.39, 0.29) is 22.4 Å². The normalized spacial score (nSPS) is 17.3. The fraction of sp³-hybridized carbons (Fsp3) is 0.613. The quantitative estimate of drug-likeness (QED) is 0.131. The summed E-state index contributed by atoms with van der Waals surface area (Å²) in [5.74, 6) is 2.62. The number of benzene rings is 1. The van der Waals surface area contributed by atoms with E-state index < -0.39 is 0 Å². The van der Waals surface area contributed by atoms with Gasteiger partial charge in [0, 0.05) is 23.0 Å². The number of hydrogen-bond acceptors (Lipinski definition) is 6. The van der Waals surface area contributed by atoms with Gasteiger partial charge in [-0.2, -0.15) is 0 Å². The number of ether oxygens (including phenoxy) is 2. The van der Waals surface area contributed by atoms with Gasteiger partial charge in [0.25, 0.3) is 0 Å². The number of carbonyl (C=O) groups is 2. The van der Waals surface area contributed by atoms with E-state index in [1.807, 2.05) is 12.1 Å². The maximum absolute atomic E-state index is 12.9. The molecule has 0 radical (unpaired) electrons. The summed E-state index contributed by atoms with van der Waals surface area (Å²) in [7, 11) is 0. The van der Waals surface area contributed by atoms with Gasteiger partial charge in [-0.25, -0.2) is 9.59 Å². The van der Waals surface area contributed by atoms with Crippen LogP contribution in [0.3, 0.4) is 0 Å². The van der Waals surface area contributed by atoms with E-state index in [4.69, 9.17) is 9.47 Å². The molecule has 1 aromatic rings. The minimum atomic E-state index is -0.307. The van der Waals surface area contributed by atoms with Crippen LogP contribution in [0.15, 0.2) is 35.9 Å². The Hall–Kier alpha value is -1.66. The number of hydrogen-bond donors (Lipinski definition) is 0. The van der Waals surface area contributed by atoms with Crippen LogP contribution in [-0.2, 0) is 6.42 Å². The largest absolute Gasteiger partial charge is 0.418 e. The molecule has 1 aromatic carbocycles. The van der Waals surface area contributed by atoms with Crippen molar-refractivity contribution in [3.8, 4) is 11.5 Å². The van der Waals surface area contributed by atoms with Gasteiger partial charge in [0.1, 0.15) is 11.5 Å². The monoisotopic (exact) mass is 546 g/mol. The van der Waals surface area contributed by atoms with Crippen LogP contribution >= 0.6 is 23.5 Å². The smallest absolute Gasteiger partial charge is 0.372 e. The minimum absolute atomic E-state index is 0.0668. The van der Waals surface area contributed by atoms with Crippen molar-refractivity contribution in [3.63, 3.8) is 0 Å². The maximum Gasteiger partial charge on any atom is 0.372 e. The lowest BCUT2D eigenvalue weighted by Crippen LogP contribution is -2.20. The molecule has 2 atom stereocenters. The highest BCUT2D eigenvalue weighted by molar-refractivity contribution is 8.13. The van der Waals surface area contributed by atoms with E-state index in [2.05, 4.69) is 47.3 Å². The highest BCUT2D eigenvalue weighted by Crippen LogP contribution is 2.48. The SMILES string of the molecule is C=C(C)[C@@H]1CCC(C)=C[C@H]1c1c(OC(=O)SCCCC)cc(CCCCC)cc1OC(=O)SCCCC. The van der Waals surface area contributed by atoms with Gasteiger partial charge in [-0.15, -0.1) is 0 Å². The number of aryl methyl sites for hydroxylation is 1. The molecule has 0 saturated carbocycles. The number of allylic oxidation sites excluding steroid dienone is 3. The number of unbranched alkanes of at least 4 members (excludes halogenated alkanes) is 4. The summed E-state index contributed by atoms with van der Waals surface area (Å²) >= 11 is 2.43. The first kappa shape index (κ1) is 31.6. The van der Waals surface area contributed by atoms with Crippen LogP contribution in [0.5, 0.6) is 11.5 Å². The van der Waals surface area contributed by atoms with Gasteiger partial charge in [-0.05, 0) is 99.5 Å². The highest BCUT2D eigenvalue weighted by Gasteiger charge is 2.32. The lowest BCUT2D eigenvalue weighted by Gasteiger charge is -2.32. The van der Waals surface area contributed by atoms with Crippen molar-refractivity contribution in [2.24, 2.45) is 5.92 Å². The Bertz CT molecular complexity index is 892. The molecule has 0 N–H and O–H groups in total. The van der Waals surface area contributed by atoms with Gasteiger partial charge < -0.3 is 9.47 Å². The Balaban J connectivity index is 2.57. The fourth-order valence-electron chi connectivity index (χ4n) is 4.62. The highest BCUT2D eigenvalue weighted by atomic mass is 32.2. The van der Waals surface area contributed by atoms with Gasteiger partial charge in [-0.1, -0.05) is 70.3 Å². The summed E-state index contributed by atoms with van der Waals surface area (Å²) in [5, 5.41) is -0.614. The molecule has 1 aliphatic carbocycles. The first-order valence-corrected chi connectivity index (χ1v) is 16.0. The third-order valence-electron chi connectivity index (χ3n) is 6.77. The van der Waals surface area contributed by atoms with E-state index in [1.54, 1.807) is 0 Å². The molecule has 206 valence electrons. The van der Waals surface area contributed by atoms with Crippen molar-refractivity contribution in [3.05, 3.63) is 47.1 Å². The number of thioether (sulfide) groups is 2. The van der Waals surface area contributed by atoms with Crippen molar-refractivity contribution >= 4 is 34.1 Å². The van der Waals surface area contributed by atoms with Crippen molar-refractivity contribution in [1.29, 1.82) is 0 Å². The molecule has 1 aliphatic rings. The summed E-state index contributed by atoms with van der Waals surface area (Å²) in [5.41, 5.74) is 4.20. The lowest BCUT2D eigenvalue weighted by molar-refractivity contribution is 0.224. The molecule has 0 spiro atoms. The van der Waals surface area contributed by atoms with Crippen LogP contribution in [0.1, 0.15) is 109 Å². The fourth-order valence-corrected chi connectivity index (χ4v) is 6.12. The summed E-state index contributed by atoms with van der Waals surface area (Å²) in [6.07, 6.45) is 12.3. The Labute approximate surface area is 233 Å². The van der Waals surface area contributed by atoms with Crippen LogP contribution in [0, 0.1) is 5.92 Å². The standard InChI is InChI=1S/C31H46O4S2/c1-7-10-13-14-24-20-27(34-30(32)36-17-11-8-2)29(26-19-23(6)15-16-25(26)22(4)5)28(21-24)35-31(33)37-18-12-9-3/h19-21,25-26H,4,7-18H2,1-3,5-6H3/t25-,26+/m0/s1. The molecule has 37 heavy (non-hydrogen) atoms. The van der Waals surface area contributed by atoms with E-state index in [0.29, 0.717) is 11.5 Å². The van der Waals surface area contributed by atoms with Crippen LogP contribution in [-0.4, -0.2) is 22.1 Å². The number of rotatable bonds is 14. The first-order chi connectivity index (χ1) is 17.8. The minimum Gasteiger partial charge on any atom is -0.418 e. The molecule has 0 amide bonds. The summed E-state index contributed by atoms with van der Waals surface area (Å²) in [6, 6.07) is 4.00. The van der Waals surface area contributed by atoms with E-state index in [1.165, 1.54) is 29.1 Å². The molecule has 2 rings (SSSR count). The first-order valence-electron chi connectivity index (χ1n) is 14.0. The maximum atomic E-state index is 12.9. The second-order valence-electron chi connectivity index (χ2n) is 10.1. The Kier molecular flexibility index (Phi) is 14.5. The topological polar surface area (TPSA) is 52.6 Å². The van der Waals surface area contributed by atoms with Gasteiger partial charge in [-0.3, -0.25) is 0 Å². The van der Waals surface area contributed by atoms with Crippen LogP contribution in [0.4, 0.5) is 9.59 Å². The zero-order valence-electron chi connectivity index (χ0n) is 23.5. The summed E-state index contributed by atoms with van der Waals surface area (Å²) in [4.78, 5) is 25.8. The lowest BCUT2D eigenvalue weighted by atomic mass is 9.73. The van der Waals surface area contributed by atoms with Gasteiger partial charge in [0.2, 0.25) is 0 Å². The van der Waals surface area contributed by atoms with Gasteiger partial charge >= 0.3 is 10.6 Å². The number of carbonyl (C=O) groups excluding carboxylic acids is 2. The van der Waals surface area contributed by atoms with E-state index in [9.17, 15) is 9.59 Å². The van der Waals surface area contributed by atoms with Crippen molar-refractivity contribution in [2.45, 2.75) is 105 Å². The Morgan fingerprint density at radius 3 is 1.95 bits per heavy atom. The third-order valence-corrected chi connectivity index (χ3v) is 8.39. The molecule has 0 saturated heterocycles.